The fraction of sp³-hybridized carbons (Fsp3) is 0.222. The highest BCUT2D eigenvalue weighted by Gasteiger charge is 2.20. The Hall–Kier alpha value is -5.25. The average molecular weight is 678 g/mol. The fourth-order valence-corrected chi connectivity index (χ4v) is 5.66. The van der Waals surface area contributed by atoms with E-state index in [2.05, 4.69) is 0 Å². The molecule has 0 fully saturated rings. The first kappa shape index (κ1) is 35.6. The van der Waals surface area contributed by atoms with Gasteiger partial charge in [0.05, 0.1) is 49.8 Å². The highest BCUT2D eigenvalue weighted by molar-refractivity contribution is 7.46. The first-order chi connectivity index (χ1) is 23.1. The van der Waals surface area contributed by atoms with Gasteiger partial charge in [-0.15, -0.1) is 0 Å². The molecule has 0 saturated heterocycles. The van der Waals surface area contributed by atoms with Gasteiger partial charge in [0, 0.05) is 0 Å². The quantitative estimate of drug-likeness (QED) is 0.0929. The molecular formula is C36H38O11P-. The van der Waals surface area contributed by atoms with E-state index in [9.17, 15) is 9.46 Å². The molecule has 11 nitrogen and oxygen atoms in total. The summed E-state index contributed by atoms with van der Waals surface area (Å²) in [6, 6.07) is 17.1. The van der Waals surface area contributed by atoms with E-state index < -0.39 is 7.82 Å². The van der Waals surface area contributed by atoms with Crippen LogP contribution < -0.4 is 47.1 Å². The summed E-state index contributed by atoms with van der Waals surface area (Å²) in [6.45, 7) is 1.92. The van der Waals surface area contributed by atoms with Crippen LogP contribution in [0.4, 0.5) is 0 Å². The van der Waals surface area contributed by atoms with Crippen LogP contribution in [0.1, 0.15) is 27.8 Å². The van der Waals surface area contributed by atoms with Gasteiger partial charge in [-0.2, -0.15) is 0 Å². The fourth-order valence-electron chi connectivity index (χ4n) is 4.86. The Bertz CT molecular complexity index is 1820. The molecule has 0 bridgehead atoms. The first-order valence-electron chi connectivity index (χ1n) is 14.5. The number of hydrogen-bond acceptors (Lipinski definition) is 11. The standard InChI is InChI=1S/C36H39O11P/c1-23-17-26(20-32(41-4)35(23)44-7)11-9-24-13-15-28(39-2)30(18-24)46-48(37,38)47-31-19-25(14-16-29(31)40-3)10-12-27-21-33(42-5)36(45-8)34(22-27)43-6/h9-22H,1-8H3,(H,37,38)/p-1/b11-9-,12-10-. The van der Waals surface area contributed by atoms with Crippen LogP contribution in [-0.2, 0) is 4.57 Å². The van der Waals surface area contributed by atoms with Crippen LogP contribution in [0.5, 0.6) is 51.7 Å². The van der Waals surface area contributed by atoms with E-state index in [4.69, 9.17) is 42.2 Å². The molecule has 4 aromatic carbocycles. The van der Waals surface area contributed by atoms with Crippen molar-refractivity contribution in [3.05, 3.63) is 88.5 Å². The van der Waals surface area contributed by atoms with Crippen molar-refractivity contribution in [2.45, 2.75) is 6.92 Å². The van der Waals surface area contributed by atoms with Crippen LogP contribution in [0.25, 0.3) is 24.3 Å². The summed E-state index contributed by atoms with van der Waals surface area (Å²) in [5.41, 5.74) is 3.77. The van der Waals surface area contributed by atoms with Gasteiger partial charge >= 0.3 is 7.82 Å². The molecule has 0 aliphatic rings. The second-order valence-electron chi connectivity index (χ2n) is 10.1. The molecule has 1 unspecified atom stereocenters. The van der Waals surface area contributed by atoms with Crippen LogP contribution in [0.2, 0.25) is 0 Å². The third kappa shape index (κ3) is 8.56. The lowest BCUT2D eigenvalue weighted by molar-refractivity contribution is -0.208. The van der Waals surface area contributed by atoms with E-state index in [-0.39, 0.29) is 23.0 Å². The van der Waals surface area contributed by atoms with E-state index in [0.717, 1.165) is 16.7 Å². The van der Waals surface area contributed by atoms with Gasteiger partial charge in [0.1, 0.15) is 0 Å². The maximum atomic E-state index is 13.2. The number of rotatable bonds is 15. The van der Waals surface area contributed by atoms with Crippen LogP contribution in [-0.4, -0.2) is 49.8 Å². The van der Waals surface area contributed by atoms with Crippen molar-refractivity contribution >= 4 is 32.1 Å². The molecule has 12 heteroatoms. The molecule has 0 N–H and O–H groups in total. The molecule has 0 amide bonds. The molecular weight excluding hydrogens is 639 g/mol. The molecule has 0 saturated carbocycles. The second-order valence-corrected chi connectivity index (χ2v) is 11.4. The number of phosphoric ester groups is 1. The van der Waals surface area contributed by atoms with Crippen molar-refractivity contribution in [2.24, 2.45) is 0 Å². The van der Waals surface area contributed by atoms with Crippen molar-refractivity contribution < 1.29 is 51.7 Å². The Morgan fingerprint density at radius 1 is 0.458 bits per heavy atom. The van der Waals surface area contributed by atoms with Gasteiger partial charge in [-0.05, 0) is 83.3 Å². The number of phosphoric acid groups is 1. The molecule has 0 radical (unpaired) electrons. The number of benzene rings is 4. The Morgan fingerprint density at radius 3 is 1.21 bits per heavy atom. The minimum absolute atomic E-state index is 0.0566. The highest BCUT2D eigenvalue weighted by Crippen LogP contribution is 2.47. The molecule has 1 atom stereocenters. The molecule has 0 spiro atoms. The zero-order valence-corrected chi connectivity index (χ0v) is 28.9. The SMILES string of the molecule is COc1ccc(/C=C\c2cc(C)c(OC)c(OC)c2)cc1OP(=O)([O-])Oc1cc(/C=C\c2cc(OC)c(OC)c(OC)c2)ccc1OC. The van der Waals surface area contributed by atoms with E-state index >= 15 is 0 Å². The van der Waals surface area contributed by atoms with Crippen molar-refractivity contribution in [1.29, 1.82) is 0 Å². The number of methoxy groups -OCH3 is 7. The third-order valence-electron chi connectivity index (χ3n) is 7.11. The van der Waals surface area contributed by atoms with Crippen molar-refractivity contribution in [1.82, 2.24) is 0 Å². The van der Waals surface area contributed by atoms with Gasteiger partial charge in [-0.25, -0.2) is 4.57 Å². The number of aryl methyl sites for hydroxylation is 1. The number of hydrogen-bond donors (Lipinski definition) is 0. The monoisotopic (exact) mass is 677 g/mol. The van der Waals surface area contributed by atoms with Gasteiger partial charge in [0.25, 0.3) is 0 Å². The van der Waals surface area contributed by atoms with Gasteiger partial charge in [0.2, 0.25) is 5.75 Å². The van der Waals surface area contributed by atoms with Gasteiger partial charge in [-0.1, -0.05) is 36.4 Å². The summed E-state index contributed by atoms with van der Waals surface area (Å²) in [5, 5.41) is 0. The van der Waals surface area contributed by atoms with Crippen LogP contribution in [0, 0.1) is 6.92 Å². The minimum atomic E-state index is -5.00. The number of ether oxygens (including phenoxy) is 7. The molecule has 0 heterocycles. The zero-order valence-electron chi connectivity index (χ0n) is 28.0. The summed E-state index contributed by atoms with van der Waals surface area (Å²) in [5.74, 6) is 2.96. The summed E-state index contributed by atoms with van der Waals surface area (Å²) < 4.78 is 61.9. The lowest BCUT2D eigenvalue weighted by Gasteiger charge is -2.25. The molecule has 0 aromatic heterocycles. The molecule has 4 rings (SSSR count). The van der Waals surface area contributed by atoms with Crippen molar-refractivity contribution in [3.63, 3.8) is 0 Å². The topological polar surface area (TPSA) is 123 Å². The lowest BCUT2D eigenvalue weighted by atomic mass is 10.1. The molecule has 0 aliphatic heterocycles. The predicted octanol–water partition coefficient (Wildman–Crippen LogP) is 7.32. The predicted molar refractivity (Wildman–Crippen MR) is 183 cm³/mol. The minimum Gasteiger partial charge on any atom is -0.736 e. The van der Waals surface area contributed by atoms with E-state index in [1.54, 1.807) is 68.8 Å². The molecule has 254 valence electrons. The molecule has 48 heavy (non-hydrogen) atoms. The van der Waals surface area contributed by atoms with Crippen LogP contribution in [0.15, 0.2) is 60.7 Å². The lowest BCUT2D eigenvalue weighted by Crippen LogP contribution is -2.14. The van der Waals surface area contributed by atoms with E-state index in [1.807, 2.05) is 25.1 Å². The highest BCUT2D eigenvalue weighted by atomic mass is 31.2. The average Bonchev–Trinajstić information content (AvgIpc) is 3.08. The van der Waals surface area contributed by atoms with Gasteiger partial charge in [0.15, 0.2) is 46.0 Å². The van der Waals surface area contributed by atoms with E-state index in [1.165, 1.54) is 47.7 Å². The molecule has 0 aliphatic carbocycles. The van der Waals surface area contributed by atoms with Gasteiger partial charge in [-0.3, -0.25) is 0 Å². The Morgan fingerprint density at radius 2 is 0.812 bits per heavy atom. The van der Waals surface area contributed by atoms with Crippen molar-refractivity contribution in [3.8, 4) is 51.7 Å². The molecule has 4 aromatic rings. The largest absolute Gasteiger partial charge is 0.736 e. The Balaban J connectivity index is 1.58. The van der Waals surface area contributed by atoms with Gasteiger partial charge < -0.3 is 47.1 Å². The summed E-state index contributed by atoms with van der Waals surface area (Å²) in [6.07, 6.45) is 7.23. The third-order valence-corrected chi connectivity index (χ3v) is 7.95. The van der Waals surface area contributed by atoms with E-state index in [0.29, 0.717) is 39.9 Å². The maximum Gasteiger partial charge on any atom is 0.372 e. The second kappa shape index (κ2) is 16.0. The van der Waals surface area contributed by atoms with Crippen LogP contribution >= 0.6 is 7.82 Å². The van der Waals surface area contributed by atoms with Crippen molar-refractivity contribution in [2.75, 3.05) is 49.8 Å². The Labute approximate surface area is 280 Å². The zero-order chi connectivity index (χ0) is 34.8. The smallest absolute Gasteiger partial charge is 0.372 e. The maximum absolute atomic E-state index is 13.2. The van der Waals surface area contributed by atoms with Crippen LogP contribution in [0.3, 0.4) is 0 Å². The normalized spacial score (nSPS) is 12.4. The Kier molecular flexibility index (Phi) is 11.9. The first-order valence-corrected chi connectivity index (χ1v) is 16.0. The summed E-state index contributed by atoms with van der Waals surface area (Å²) in [4.78, 5) is 13.2. The summed E-state index contributed by atoms with van der Waals surface area (Å²) >= 11 is 0. The summed E-state index contributed by atoms with van der Waals surface area (Å²) in [7, 11) is 5.56.